The van der Waals surface area contributed by atoms with E-state index in [9.17, 15) is 67.7 Å². The molecule has 2 aromatic heterocycles. The number of hydrogen-bond acceptors (Lipinski definition) is 25. The lowest BCUT2D eigenvalue weighted by molar-refractivity contribution is -0.137. The van der Waals surface area contributed by atoms with Crippen molar-refractivity contribution in [3.63, 3.8) is 0 Å². The number of aromatic amines is 2. The molecule has 43 nitrogen and oxygen atoms in total. The molecule has 5 aromatic rings. The maximum Gasteiger partial charge on any atom is 0.245 e. The summed E-state index contributed by atoms with van der Waals surface area (Å²) < 4.78 is 0. The maximum absolute atomic E-state index is 15.6. The number of carbonyl (C=O) groups excluding carboxylic acids is 17. The smallest absolute Gasteiger partial charge is 0.245 e. The topological polar surface area (TPSA) is 710 Å². The van der Waals surface area contributed by atoms with Crippen LogP contribution >= 0.6 is 35.3 Å². The number of guanidine groups is 1. The molecule has 15 atom stereocenters. The number of aromatic hydroxyl groups is 1. The van der Waals surface area contributed by atoms with E-state index < -0.39 is 246 Å². The van der Waals surface area contributed by atoms with Crippen LogP contribution in [0.25, 0.3) is 10.9 Å². The highest BCUT2D eigenvalue weighted by atomic mass is 32.2. The van der Waals surface area contributed by atoms with Crippen molar-refractivity contribution >= 4 is 153 Å². The average molecular weight is 1840 g/mol. The predicted octanol–water partition coefficient (Wildman–Crippen LogP) is -5.33. The monoisotopic (exact) mass is 1840 g/mol. The molecule has 2 aliphatic rings. The molecule has 17 amide bonds. The van der Waals surface area contributed by atoms with E-state index in [0.29, 0.717) is 33.2 Å². The molecule has 128 heavy (non-hydrogen) atoms. The SMILES string of the molecule is CC(C)[C@@H]1NC(=O)[C@@H](NC(=O)[C@H](C)N)CSCc2cc3cc(c2)CSC[C@@H](C(=O)NCC(N)=O)NC(=O)[C@H]([C@@H](C)O)NC(=O)[C@H](C(C)C)NC(=O)[C@H](Cc2c[nH]c4ccccc24)NC(=O)[C@H](CC(N)=O)NC(=O)[C@H](C(C)C)NC(=O)[C@H](CCCNC(=N)N)NC(=O)[C@H](CSC3)NC(=O)[C@H](Cc2ccc(O)cc2)NC(=O)[C@H](CC(N)=O)NC(=O)[C@H](Cc2cnc[nH]2)NC1=O. The summed E-state index contributed by atoms with van der Waals surface area (Å²) in [6.07, 6.45) is -0.874. The second kappa shape index (κ2) is 49.5. The van der Waals surface area contributed by atoms with Gasteiger partial charge in [0.05, 0.1) is 37.9 Å². The van der Waals surface area contributed by atoms with E-state index in [2.05, 4.69) is 94.7 Å². The minimum Gasteiger partial charge on any atom is -0.508 e. The van der Waals surface area contributed by atoms with Crippen LogP contribution in [-0.4, -0.2) is 253 Å². The quantitative estimate of drug-likeness (QED) is 0.0165. The molecule has 46 heteroatoms. The van der Waals surface area contributed by atoms with Crippen molar-refractivity contribution in [3.8, 4) is 5.75 Å². The summed E-state index contributed by atoms with van der Waals surface area (Å²) in [5.74, 6) is -21.8. The highest BCUT2D eigenvalue weighted by Gasteiger charge is 2.41. The average Bonchev–Trinajstić information content (AvgIpc) is 1.63. The number of phenols is 1. The number of hydrogen-bond donors (Lipinski definition) is 25. The summed E-state index contributed by atoms with van der Waals surface area (Å²) in [6, 6.07) is -5.56. The molecule has 0 fully saturated rings. The fraction of sp³-hybridized carbons (Fsp3) is 0.500. The number of phenolic OH excluding ortho intramolecular Hbond substituents is 1. The second-order valence-electron chi connectivity index (χ2n) is 32.2. The number of aromatic nitrogens is 3. The minimum absolute atomic E-state index is 0.00374. The van der Waals surface area contributed by atoms with E-state index in [0.717, 1.165) is 42.2 Å². The number of rotatable bonds is 23. The summed E-state index contributed by atoms with van der Waals surface area (Å²) in [4.78, 5) is 256. The zero-order chi connectivity index (χ0) is 94.3. The molecular weight excluding hydrogens is 1720 g/mol. The Bertz CT molecular complexity index is 4800. The molecule has 0 radical (unpaired) electrons. The van der Waals surface area contributed by atoms with E-state index in [1.807, 2.05) is 0 Å². The molecule has 0 spiro atoms. The molecule has 30 N–H and O–H groups in total. The Morgan fingerprint density at radius 2 is 0.961 bits per heavy atom. The standard InChI is InChI=1S/C82H116N24O19S3/c1-38(2)64-79(123)99-57(27-62(85)110)74(118)96-54(24-47-28-91-51-13-10-9-12-50(47)51)75(119)104-66(40(5)6)80(124)106-67(42(8)107)81(125)102-58(69(113)92-30-63(86)111)34-126-31-44-20-45-22-46(21-44)33-128-36-60(100-68(112)41(7)83)77(121)105-65(39(3)4)78(122)98-55(25-48-29-89-37-93-48)72(116)97-56(26-61(84)109)73(117)95-53(23-43-15-17-49(108)18-16-43)71(115)101-59(35-127-32-45)76(120)94-52(70(114)103-64)14-11-19-90-82(87)88/h9-10,12-13,15-18,20-22,28-29,37-42,52-60,64-67,91,107-108H,11,14,19,23-27,30-36,83H2,1-8H3,(H2,84,109)(H2,85,110)(H2,86,111)(H,89,93)(H,92,113)(H,94,120)(H,95,117)(H,96,118)(H,97,116)(H,98,122)(H,99,123)(H,100,112)(H,101,115)(H,102,125)(H,103,114)(H,104,119)(H,105,121)(H,106,124)(H4,87,88,90)/t41-,42+,52-,53-,54-,55-,56-,57-,58-,59-,60-,64-,65-,66-,67-/m0/s1. The predicted molar refractivity (Wildman–Crippen MR) is 475 cm³/mol. The van der Waals surface area contributed by atoms with Crippen LogP contribution in [0.1, 0.15) is 115 Å². The van der Waals surface area contributed by atoms with Crippen LogP contribution < -0.4 is 108 Å². The molecule has 0 aliphatic carbocycles. The van der Waals surface area contributed by atoms with Gasteiger partial charge < -0.3 is 129 Å². The molecule has 0 saturated heterocycles. The Hall–Kier alpha value is -12.6. The van der Waals surface area contributed by atoms with Crippen LogP contribution in [0, 0.1) is 23.2 Å². The number of benzene rings is 3. The van der Waals surface area contributed by atoms with Gasteiger partial charge in [0.2, 0.25) is 100 Å². The summed E-state index contributed by atoms with van der Waals surface area (Å²) in [6.45, 7) is 11.0. The number of aliphatic hydroxyl groups excluding tert-OH is 1. The lowest BCUT2D eigenvalue weighted by Crippen LogP contribution is -2.63. The first-order valence-electron chi connectivity index (χ1n) is 41.3. The number of para-hydroxylation sites is 1. The Labute approximate surface area is 750 Å². The van der Waals surface area contributed by atoms with Gasteiger partial charge >= 0.3 is 0 Å². The highest BCUT2D eigenvalue weighted by molar-refractivity contribution is 7.99. The van der Waals surface area contributed by atoms with Gasteiger partial charge in [-0.2, -0.15) is 35.3 Å². The molecule has 0 saturated carbocycles. The Balaban J connectivity index is 1.42. The highest BCUT2D eigenvalue weighted by Crippen LogP contribution is 2.27. The van der Waals surface area contributed by atoms with Gasteiger partial charge in [-0.15, -0.1) is 0 Å². The third-order valence-corrected chi connectivity index (χ3v) is 23.7. The van der Waals surface area contributed by atoms with E-state index in [1.54, 1.807) is 62.5 Å². The van der Waals surface area contributed by atoms with Crippen LogP contribution in [0.5, 0.6) is 5.75 Å². The number of nitrogens with one attached hydrogen (secondary N) is 18. The van der Waals surface area contributed by atoms with Crippen molar-refractivity contribution in [2.24, 2.45) is 46.4 Å². The molecule has 7 rings (SSSR count). The van der Waals surface area contributed by atoms with E-state index in [4.69, 9.17) is 34.1 Å². The van der Waals surface area contributed by atoms with Crippen LogP contribution in [0.3, 0.4) is 0 Å². The number of nitrogens with zero attached hydrogens (tertiary/aromatic N) is 1. The third-order valence-electron chi connectivity index (χ3n) is 20.4. The normalized spacial score (nSPS) is 23.8. The Kier molecular flexibility index (Phi) is 39.7. The fourth-order valence-corrected chi connectivity index (χ4v) is 16.5. The molecule has 4 heterocycles. The first-order chi connectivity index (χ1) is 60.5. The number of amides is 17. The molecule has 0 unspecified atom stereocenters. The number of thioether (sulfide) groups is 3. The van der Waals surface area contributed by atoms with Gasteiger partial charge in [-0.1, -0.05) is 90.1 Å². The largest absolute Gasteiger partial charge is 0.508 e. The minimum atomic E-state index is -1.94. The van der Waals surface area contributed by atoms with Gasteiger partial charge in [0.1, 0.15) is 84.3 Å². The third kappa shape index (κ3) is 32.4. The summed E-state index contributed by atoms with van der Waals surface area (Å²) in [5.41, 5.74) is 31.8. The molecular formula is C82H116N24O19S3. The van der Waals surface area contributed by atoms with Gasteiger partial charge in [-0.25, -0.2) is 4.98 Å². The van der Waals surface area contributed by atoms with Crippen molar-refractivity contribution in [3.05, 3.63) is 119 Å². The van der Waals surface area contributed by atoms with Gasteiger partial charge in [0.15, 0.2) is 5.96 Å². The number of nitrogens with two attached hydrogens (primary N) is 5. The first kappa shape index (κ1) is 103. The van der Waals surface area contributed by atoms with Crippen LogP contribution in [0.15, 0.2) is 85.5 Å². The van der Waals surface area contributed by atoms with E-state index >= 15 is 24.0 Å². The zero-order valence-corrected chi connectivity index (χ0v) is 74.4. The lowest BCUT2D eigenvalue weighted by Gasteiger charge is -2.30. The summed E-state index contributed by atoms with van der Waals surface area (Å²) in [5, 5.41) is 69.0. The number of imidazole rings is 1. The zero-order valence-electron chi connectivity index (χ0n) is 72.0. The van der Waals surface area contributed by atoms with Crippen molar-refractivity contribution in [1.82, 2.24) is 94.7 Å². The molecule has 4 bridgehead atoms. The molecule has 2 aliphatic heterocycles. The second-order valence-corrected chi connectivity index (χ2v) is 35.3. The van der Waals surface area contributed by atoms with Crippen molar-refractivity contribution in [2.75, 3.05) is 30.3 Å². The van der Waals surface area contributed by atoms with E-state index in [1.165, 1.54) is 71.4 Å². The van der Waals surface area contributed by atoms with Crippen molar-refractivity contribution < 1.29 is 91.7 Å². The summed E-state index contributed by atoms with van der Waals surface area (Å²) in [7, 11) is 0. The number of aliphatic hydroxyl groups is 1. The van der Waals surface area contributed by atoms with E-state index in [-0.39, 0.29) is 78.0 Å². The van der Waals surface area contributed by atoms with Gasteiger partial charge in [-0.05, 0) is 90.5 Å². The van der Waals surface area contributed by atoms with Gasteiger partial charge in [-0.3, -0.25) is 86.9 Å². The maximum atomic E-state index is 15.6. The summed E-state index contributed by atoms with van der Waals surface area (Å²) >= 11 is 3.24. The van der Waals surface area contributed by atoms with Crippen LogP contribution in [0.2, 0.25) is 0 Å². The number of fused-ring (bicyclic) bond motifs is 6. The van der Waals surface area contributed by atoms with Gasteiger partial charge in [0.25, 0.3) is 0 Å². The number of primary amides is 3. The van der Waals surface area contributed by atoms with Crippen LogP contribution in [0.4, 0.5) is 0 Å². The number of H-pyrrole nitrogens is 2. The van der Waals surface area contributed by atoms with Crippen molar-refractivity contribution in [2.45, 2.75) is 208 Å². The lowest BCUT2D eigenvalue weighted by atomic mass is 9.99. The Morgan fingerprint density at radius 1 is 0.500 bits per heavy atom. The first-order valence-corrected chi connectivity index (χ1v) is 44.7. The fourth-order valence-electron chi connectivity index (χ4n) is 13.5. The molecule has 696 valence electrons. The van der Waals surface area contributed by atoms with Crippen LogP contribution in [-0.2, 0) is 118 Å². The van der Waals surface area contributed by atoms with Gasteiger partial charge in [0, 0.05) is 89.3 Å². The number of carbonyl (C=O) groups is 17. The molecule has 3 aromatic carbocycles. The Morgan fingerprint density at radius 3 is 1.49 bits per heavy atom. The van der Waals surface area contributed by atoms with Crippen molar-refractivity contribution in [1.29, 1.82) is 5.41 Å².